The van der Waals surface area contributed by atoms with Crippen molar-refractivity contribution < 1.29 is 4.79 Å². The number of anilines is 1. The molecule has 0 aliphatic carbocycles. The van der Waals surface area contributed by atoms with E-state index in [0.29, 0.717) is 18.0 Å². The lowest BCUT2D eigenvalue weighted by Gasteiger charge is -2.23. The van der Waals surface area contributed by atoms with Crippen LogP contribution < -0.4 is 11.1 Å². The maximum absolute atomic E-state index is 11.7. The lowest BCUT2D eigenvalue weighted by molar-refractivity contribution is -0.121. The first-order chi connectivity index (χ1) is 6.62. The van der Waals surface area contributed by atoms with Crippen molar-refractivity contribution in [2.24, 2.45) is 5.73 Å². The molecule has 0 aromatic carbocycles. The van der Waals surface area contributed by atoms with Gasteiger partial charge in [-0.05, 0) is 18.1 Å². The highest BCUT2D eigenvalue weighted by Crippen LogP contribution is 2.15. The third-order valence-corrected chi connectivity index (χ3v) is 2.75. The van der Waals surface area contributed by atoms with E-state index < -0.39 is 5.54 Å². The number of nitrogens with zero attached hydrogens (tertiary/aromatic N) is 3. The van der Waals surface area contributed by atoms with E-state index >= 15 is 0 Å². The minimum absolute atomic E-state index is 0.235. The molecule has 1 amide bonds. The van der Waals surface area contributed by atoms with Gasteiger partial charge >= 0.3 is 0 Å². The molecule has 1 heterocycles. The molecule has 0 aliphatic rings. The Labute approximate surface area is 86.0 Å². The van der Waals surface area contributed by atoms with E-state index in [1.54, 1.807) is 0 Å². The van der Waals surface area contributed by atoms with E-state index in [-0.39, 0.29) is 5.91 Å². The molecule has 1 aromatic rings. The average Bonchev–Trinajstić information content (AvgIpc) is 2.69. The van der Waals surface area contributed by atoms with Gasteiger partial charge in [-0.1, -0.05) is 23.4 Å². The van der Waals surface area contributed by atoms with Gasteiger partial charge in [-0.2, -0.15) is 0 Å². The predicted molar refractivity (Wildman–Crippen MR) is 53.8 cm³/mol. The molecule has 1 aromatic heterocycles. The predicted octanol–water partition coefficient (Wildman–Crippen LogP) is 0.389. The van der Waals surface area contributed by atoms with Crippen LogP contribution in [0.1, 0.15) is 26.7 Å². The summed E-state index contributed by atoms with van der Waals surface area (Å²) in [6.07, 6.45) is 1.17. The van der Waals surface area contributed by atoms with Gasteiger partial charge in [0.05, 0.1) is 5.54 Å². The molecule has 0 saturated heterocycles. The Balaban J connectivity index is 2.66. The highest BCUT2D eigenvalue weighted by molar-refractivity contribution is 7.09. The fourth-order valence-corrected chi connectivity index (χ4v) is 1.34. The fourth-order valence-electron chi connectivity index (χ4n) is 0.975. The minimum Gasteiger partial charge on any atom is -0.317 e. The second kappa shape index (κ2) is 4.43. The second-order valence-corrected chi connectivity index (χ2v) is 3.72. The van der Waals surface area contributed by atoms with Crippen LogP contribution in [0.2, 0.25) is 0 Å². The van der Waals surface area contributed by atoms with Crippen molar-refractivity contribution in [1.29, 1.82) is 0 Å². The molecule has 0 saturated carbocycles. The van der Waals surface area contributed by atoms with E-state index in [4.69, 9.17) is 5.73 Å². The molecule has 7 heteroatoms. The van der Waals surface area contributed by atoms with Crippen LogP contribution in [-0.2, 0) is 4.79 Å². The number of carbonyl (C=O) groups is 1. The number of rotatable bonds is 4. The first-order valence-corrected chi connectivity index (χ1v) is 5.15. The van der Waals surface area contributed by atoms with Crippen molar-refractivity contribution in [2.75, 3.05) is 5.32 Å². The molecule has 78 valence electrons. The summed E-state index contributed by atoms with van der Waals surface area (Å²) in [5, 5.41) is 9.94. The van der Waals surface area contributed by atoms with Crippen LogP contribution in [0.25, 0.3) is 0 Å². The van der Waals surface area contributed by atoms with Crippen molar-refractivity contribution in [2.45, 2.75) is 32.2 Å². The lowest BCUT2D eigenvalue weighted by Crippen LogP contribution is -2.50. The maximum Gasteiger partial charge on any atom is 0.246 e. The highest BCUT2D eigenvalue weighted by Gasteiger charge is 2.30. The summed E-state index contributed by atoms with van der Waals surface area (Å²) in [6.45, 7) is 3.75. The van der Waals surface area contributed by atoms with Gasteiger partial charge in [0.1, 0.15) is 0 Å². The standard InChI is InChI=1S/C7H13N5OS/c1-3-7(8,4-2)5(13)9-6-10-11-12-14-6/h3-4,8H2,1-2H3,(H,9,10,12,13). The smallest absolute Gasteiger partial charge is 0.246 e. The van der Waals surface area contributed by atoms with E-state index in [1.807, 2.05) is 13.8 Å². The molecule has 0 atom stereocenters. The van der Waals surface area contributed by atoms with Crippen LogP contribution in [-0.4, -0.2) is 26.2 Å². The van der Waals surface area contributed by atoms with Crippen LogP contribution >= 0.6 is 11.5 Å². The summed E-state index contributed by atoms with van der Waals surface area (Å²) in [5.41, 5.74) is 5.05. The van der Waals surface area contributed by atoms with Gasteiger partial charge in [-0.15, -0.1) is 0 Å². The first-order valence-electron chi connectivity index (χ1n) is 4.37. The fraction of sp³-hybridized carbons (Fsp3) is 0.714. The molecule has 1 rings (SSSR count). The quantitative estimate of drug-likeness (QED) is 0.757. The maximum atomic E-state index is 11.7. The molecule has 6 nitrogen and oxygen atoms in total. The normalized spacial score (nSPS) is 11.4. The number of nitrogens with two attached hydrogens (primary N) is 1. The molecule has 0 radical (unpaired) electrons. The van der Waals surface area contributed by atoms with Crippen molar-refractivity contribution in [3.8, 4) is 0 Å². The average molecular weight is 215 g/mol. The minimum atomic E-state index is -0.828. The Kier molecular flexibility index (Phi) is 3.48. The highest BCUT2D eigenvalue weighted by atomic mass is 32.1. The number of hydrogen-bond acceptors (Lipinski definition) is 6. The summed E-state index contributed by atoms with van der Waals surface area (Å²) in [4.78, 5) is 11.7. The van der Waals surface area contributed by atoms with Crippen LogP contribution in [0.4, 0.5) is 5.13 Å². The first kappa shape index (κ1) is 11.0. The topological polar surface area (TPSA) is 93.8 Å². The van der Waals surface area contributed by atoms with Gasteiger partial charge in [-0.3, -0.25) is 10.1 Å². The van der Waals surface area contributed by atoms with Crippen molar-refractivity contribution in [1.82, 2.24) is 14.8 Å². The van der Waals surface area contributed by atoms with Crippen molar-refractivity contribution in [3.63, 3.8) is 0 Å². The molecule has 14 heavy (non-hydrogen) atoms. The molecule has 3 N–H and O–H groups in total. The molecule has 0 bridgehead atoms. The summed E-state index contributed by atoms with van der Waals surface area (Å²) in [5.74, 6) is -0.235. The second-order valence-electron chi connectivity index (χ2n) is 2.98. The van der Waals surface area contributed by atoms with Crippen LogP contribution in [0.3, 0.4) is 0 Å². The molecule has 0 aliphatic heterocycles. The van der Waals surface area contributed by atoms with Gasteiger partial charge < -0.3 is 5.73 Å². The third-order valence-electron chi connectivity index (χ3n) is 2.23. The summed E-state index contributed by atoms with van der Waals surface area (Å²) >= 11 is 1.03. The van der Waals surface area contributed by atoms with Gasteiger partial charge in [0, 0.05) is 11.5 Å². The Hall–Kier alpha value is -1.08. The Morgan fingerprint density at radius 3 is 2.64 bits per heavy atom. The zero-order valence-electron chi connectivity index (χ0n) is 8.15. The number of aromatic nitrogens is 3. The summed E-state index contributed by atoms with van der Waals surface area (Å²) < 4.78 is 3.53. The SMILES string of the molecule is CCC(N)(CC)C(=O)Nc1nnns1. The van der Waals surface area contributed by atoms with Crippen molar-refractivity contribution >= 4 is 22.6 Å². The Morgan fingerprint density at radius 1 is 1.57 bits per heavy atom. The van der Waals surface area contributed by atoms with Gasteiger partial charge in [0.15, 0.2) is 0 Å². The largest absolute Gasteiger partial charge is 0.317 e. The van der Waals surface area contributed by atoms with E-state index in [1.165, 1.54) is 0 Å². The Bertz CT molecular complexity index is 295. The van der Waals surface area contributed by atoms with E-state index in [2.05, 4.69) is 20.1 Å². The number of carbonyl (C=O) groups excluding carboxylic acids is 1. The molecule has 0 spiro atoms. The Morgan fingerprint density at radius 2 is 2.21 bits per heavy atom. The molecule has 0 fully saturated rings. The van der Waals surface area contributed by atoms with Crippen LogP contribution in [0, 0.1) is 0 Å². The summed E-state index contributed by atoms with van der Waals surface area (Å²) in [7, 11) is 0. The number of hydrogen-bond donors (Lipinski definition) is 2. The third kappa shape index (κ3) is 2.24. The van der Waals surface area contributed by atoms with E-state index in [9.17, 15) is 4.79 Å². The number of nitrogens with one attached hydrogen (secondary N) is 1. The summed E-state index contributed by atoms with van der Waals surface area (Å²) in [6, 6.07) is 0. The lowest BCUT2D eigenvalue weighted by atomic mass is 9.93. The van der Waals surface area contributed by atoms with Gasteiger partial charge in [0.2, 0.25) is 11.0 Å². The molecule has 0 unspecified atom stereocenters. The zero-order chi connectivity index (χ0) is 10.6. The van der Waals surface area contributed by atoms with Gasteiger partial charge in [-0.25, -0.2) is 0 Å². The monoisotopic (exact) mass is 215 g/mol. The van der Waals surface area contributed by atoms with E-state index in [0.717, 1.165) is 11.5 Å². The van der Waals surface area contributed by atoms with Crippen LogP contribution in [0.15, 0.2) is 0 Å². The van der Waals surface area contributed by atoms with Crippen molar-refractivity contribution in [3.05, 3.63) is 0 Å². The van der Waals surface area contributed by atoms with Crippen LogP contribution in [0.5, 0.6) is 0 Å². The number of amides is 1. The zero-order valence-corrected chi connectivity index (χ0v) is 8.97. The molecular formula is C7H13N5OS. The van der Waals surface area contributed by atoms with Gasteiger partial charge in [0.25, 0.3) is 0 Å². The molecular weight excluding hydrogens is 202 g/mol.